The number of para-hydroxylation sites is 1. The Balaban J connectivity index is 1.24. The van der Waals surface area contributed by atoms with Gasteiger partial charge in [0, 0.05) is 22.7 Å². The molecule has 2 aromatic carbocycles. The van der Waals surface area contributed by atoms with Crippen molar-refractivity contribution in [1.29, 1.82) is 0 Å². The number of carbonyl (C=O) groups is 1. The topological polar surface area (TPSA) is 156 Å². The van der Waals surface area contributed by atoms with E-state index in [4.69, 9.17) is 4.52 Å². The first-order valence-electron chi connectivity index (χ1n) is 10.4. The molecule has 3 heterocycles. The molecular formula is C22H19N7O4S2. The lowest BCUT2D eigenvalue weighted by atomic mass is 10.2. The first-order valence-corrected chi connectivity index (χ1v) is 12.8. The third-order valence-electron chi connectivity index (χ3n) is 5.05. The highest BCUT2D eigenvalue weighted by molar-refractivity contribution is 8.00. The van der Waals surface area contributed by atoms with E-state index in [1.165, 1.54) is 42.1 Å². The van der Waals surface area contributed by atoms with E-state index in [0.29, 0.717) is 27.8 Å². The van der Waals surface area contributed by atoms with Gasteiger partial charge in [-0.05, 0) is 44.2 Å². The standard InChI is InChI=1S/C22H19N7O4S2/c1-12-11-18(28-33-12)29-35(31,32)15-9-7-14(8-10-15)23-21(30)13(2)34-22-25-20-19(26-27-22)16-5-3-4-6-17(16)24-20/h3-11,13H,1-2H3,(H,23,30)(H,28,29)(H,24,25,27). The van der Waals surface area contributed by atoms with Gasteiger partial charge in [-0.1, -0.05) is 35.1 Å². The van der Waals surface area contributed by atoms with Crippen LogP contribution < -0.4 is 10.0 Å². The van der Waals surface area contributed by atoms with Crippen LogP contribution >= 0.6 is 11.8 Å². The van der Waals surface area contributed by atoms with Crippen LogP contribution in [0.15, 0.2) is 69.2 Å². The predicted octanol–water partition coefficient (Wildman–Crippen LogP) is 3.72. The number of fused-ring (bicyclic) bond motifs is 3. The summed E-state index contributed by atoms with van der Waals surface area (Å²) in [5, 5.41) is 15.6. The Morgan fingerprint density at radius 1 is 1.11 bits per heavy atom. The molecule has 3 N–H and O–H groups in total. The molecule has 0 aliphatic carbocycles. The second-order valence-corrected chi connectivity index (χ2v) is 10.7. The number of amides is 1. The summed E-state index contributed by atoms with van der Waals surface area (Å²) in [4.78, 5) is 20.4. The molecule has 0 radical (unpaired) electrons. The predicted molar refractivity (Wildman–Crippen MR) is 132 cm³/mol. The number of aromatic nitrogens is 5. The van der Waals surface area contributed by atoms with Gasteiger partial charge in [0.05, 0.1) is 10.1 Å². The monoisotopic (exact) mass is 509 g/mol. The number of carbonyl (C=O) groups excluding carboxylic acids is 1. The van der Waals surface area contributed by atoms with Crippen molar-refractivity contribution in [2.45, 2.75) is 29.1 Å². The molecule has 0 aliphatic heterocycles. The number of hydrogen-bond donors (Lipinski definition) is 3. The van der Waals surface area contributed by atoms with Gasteiger partial charge >= 0.3 is 0 Å². The van der Waals surface area contributed by atoms with Crippen molar-refractivity contribution in [2.24, 2.45) is 0 Å². The molecule has 35 heavy (non-hydrogen) atoms. The first-order chi connectivity index (χ1) is 16.8. The Morgan fingerprint density at radius 3 is 2.63 bits per heavy atom. The van der Waals surface area contributed by atoms with Crippen LogP contribution in [0.1, 0.15) is 12.7 Å². The van der Waals surface area contributed by atoms with Crippen LogP contribution in [0.25, 0.3) is 22.1 Å². The minimum absolute atomic E-state index is 0.0182. The zero-order chi connectivity index (χ0) is 24.6. The Hall–Kier alpha value is -3.97. The molecular weight excluding hydrogens is 490 g/mol. The number of anilines is 2. The van der Waals surface area contributed by atoms with Crippen molar-refractivity contribution in [3.8, 4) is 0 Å². The summed E-state index contributed by atoms with van der Waals surface area (Å²) in [5.74, 6) is 0.283. The largest absolute Gasteiger partial charge is 0.360 e. The molecule has 0 saturated heterocycles. The average molecular weight is 510 g/mol. The number of benzene rings is 2. The number of rotatable bonds is 7. The highest BCUT2D eigenvalue weighted by Gasteiger charge is 2.19. The van der Waals surface area contributed by atoms with Gasteiger partial charge in [-0.15, -0.1) is 10.2 Å². The lowest BCUT2D eigenvalue weighted by Crippen LogP contribution is -2.22. The number of hydrogen-bond acceptors (Lipinski definition) is 9. The number of thioether (sulfide) groups is 1. The molecule has 3 aromatic heterocycles. The fourth-order valence-electron chi connectivity index (χ4n) is 3.34. The maximum Gasteiger partial charge on any atom is 0.263 e. The van der Waals surface area contributed by atoms with Crippen molar-refractivity contribution < 1.29 is 17.7 Å². The van der Waals surface area contributed by atoms with E-state index >= 15 is 0 Å². The Kier molecular flexibility index (Phi) is 5.86. The van der Waals surface area contributed by atoms with Crippen LogP contribution in [-0.4, -0.2) is 44.9 Å². The van der Waals surface area contributed by atoms with Crippen molar-refractivity contribution in [2.75, 3.05) is 10.0 Å². The molecule has 13 heteroatoms. The van der Waals surface area contributed by atoms with Gasteiger partial charge in [-0.2, -0.15) is 0 Å². The molecule has 11 nitrogen and oxygen atoms in total. The quantitative estimate of drug-likeness (QED) is 0.278. The molecule has 0 aliphatic rings. The highest BCUT2D eigenvalue weighted by Crippen LogP contribution is 2.26. The summed E-state index contributed by atoms with van der Waals surface area (Å²) in [7, 11) is -3.85. The molecule has 1 unspecified atom stereocenters. The lowest BCUT2D eigenvalue weighted by Gasteiger charge is -2.11. The third kappa shape index (κ3) is 4.81. The van der Waals surface area contributed by atoms with Crippen molar-refractivity contribution >= 4 is 61.3 Å². The summed E-state index contributed by atoms with van der Waals surface area (Å²) >= 11 is 1.17. The zero-order valence-corrected chi connectivity index (χ0v) is 20.1. The highest BCUT2D eigenvalue weighted by atomic mass is 32.2. The maximum absolute atomic E-state index is 12.7. The Morgan fingerprint density at radius 2 is 1.89 bits per heavy atom. The van der Waals surface area contributed by atoms with Gasteiger partial charge < -0.3 is 14.8 Å². The first kappa shape index (κ1) is 22.8. The van der Waals surface area contributed by atoms with Gasteiger partial charge in [0.1, 0.15) is 11.3 Å². The second-order valence-electron chi connectivity index (χ2n) is 7.66. The molecule has 0 fully saturated rings. The molecule has 1 atom stereocenters. The molecule has 0 saturated carbocycles. The molecule has 5 aromatic rings. The van der Waals surface area contributed by atoms with E-state index in [1.54, 1.807) is 13.8 Å². The van der Waals surface area contributed by atoms with Crippen molar-refractivity contribution in [1.82, 2.24) is 25.3 Å². The van der Waals surface area contributed by atoms with Crippen LogP contribution in [0, 0.1) is 6.92 Å². The Bertz CT molecular complexity index is 1650. The normalized spacial score (nSPS) is 12.6. The molecule has 0 bridgehead atoms. The van der Waals surface area contributed by atoms with Gasteiger partial charge in [0.2, 0.25) is 11.1 Å². The van der Waals surface area contributed by atoms with E-state index < -0.39 is 15.3 Å². The van der Waals surface area contributed by atoms with Gasteiger partial charge in [0.25, 0.3) is 10.0 Å². The number of aromatic amines is 1. The van der Waals surface area contributed by atoms with E-state index in [2.05, 4.69) is 35.4 Å². The van der Waals surface area contributed by atoms with Gasteiger partial charge in [0.15, 0.2) is 11.5 Å². The zero-order valence-electron chi connectivity index (χ0n) is 18.5. The molecule has 1 amide bonds. The lowest BCUT2D eigenvalue weighted by molar-refractivity contribution is -0.115. The fraction of sp³-hybridized carbons (Fsp3) is 0.136. The van der Waals surface area contributed by atoms with Crippen LogP contribution in [0.4, 0.5) is 11.5 Å². The van der Waals surface area contributed by atoms with E-state index in [1.807, 2.05) is 24.3 Å². The van der Waals surface area contributed by atoms with E-state index in [0.717, 1.165) is 10.9 Å². The van der Waals surface area contributed by atoms with Crippen molar-refractivity contribution in [3.63, 3.8) is 0 Å². The van der Waals surface area contributed by atoms with Crippen LogP contribution in [0.5, 0.6) is 0 Å². The van der Waals surface area contributed by atoms with Gasteiger partial charge in [-0.25, -0.2) is 13.4 Å². The average Bonchev–Trinajstić information content (AvgIpc) is 3.41. The molecule has 0 spiro atoms. The van der Waals surface area contributed by atoms with Crippen molar-refractivity contribution in [3.05, 3.63) is 60.4 Å². The number of H-pyrrole nitrogens is 1. The van der Waals surface area contributed by atoms with Crippen LogP contribution in [0.2, 0.25) is 0 Å². The van der Waals surface area contributed by atoms with Crippen LogP contribution in [-0.2, 0) is 14.8 Å². The van der Waals surface area contributed by atoms with Crippen LogP contribution in [0.3, 0.4) is 0 Å². The number of sulfonamides is 1. The van der Waals surface area contributed by atoms with E-state index in [-0.39, 0.29) is 16.6 Å². The van der Waals surface area contributed by atoms with E-state index in [9.17, 15) is 13.2 Å². The minimum atomic E-state index is -3.85. The minimum Gasteiger partial charge on any atom is -0.360 e. The summed E-state index contributed by atoms with van der Waals surface area (Å²) in [6, 6.07) is 15.0. The maximum atomic E-state index is 12.7. The number of nitrogens with zero attached hydrogens (tertiary/aromatic N) is 4. The summed E-state index contributed by atoms with van der Waals surface area (Å²) < 4.78 is 32.2. The third-order valence-corrected chi connectivity index (χ3v) is 7.38. The summed E-state index contributed by atoms with van der Waals surface area (Å²) in [5.41, 5.74) is 2.63. The second kappa shape index (κ2) is 9.00. The summed E-state index contributed by atoms with van der Waals surface area (Å²) in [6.45, 7) is 3.38. The smallest absolute Gasteiger partial charge is 0.263 e. The summed E-state index contributed by atoms with van der Waals surface area (Å²) in [6.07, 6.45) is 0. The SMILES string of the molecule is Cc1cc(NS(=O)(=O)c2ccc(NC(=O)C(C)Sc3nnc4c(n3)[nH]c3ccccc34)cc2)no1. The molecule has 178 valence electrons. The number of nitrogens with one attached hydrogen (secondary N) is 3. The number of aryl methyl sites for hydroxylation is 1. The van der Waals surface area contributed by atoms with Gasteiger partial charge in [-0.3, -0.25) is 9.52 Å². The Labute approximate surface area is 203 Å². The fourth-order valence-corrected chi connectivity index (χ4v) is 5.04. The molecule has 5 rings (SSSR count).